The highest BCUT2D eigenvalue weighted by Crippen LogP contribution is 2.52. The lowest BCUT2D eigenvalue weighted by atomic mass is 10.1. The molecule has 5 nitrogen and oxygen atoms in total. The highest BCUT2D eigenvalue weighted by atomic mass is 31.2. The summed E-state index contributed by atoms with van der Waals surface area (Å²) in [6.45, 7) is 7.54. The van der Waals surface area contributed by atoms with E-state index in [0.29, 0.717) is 17.2 Å². The molecule has 0 aliphatic carbocycles. The van der Waals surface area contributed by atoms with Crippen molar-refractivity contribution in [2.24, 2.45) is 0 Å². The number of anilines is 1. The molecule has 0 amide bonds. The summed E-state index contributed by atoms with van der Waals surface area (Å²) in [6, 6.07) is 20.5. The Kier molecular flexibility index (Phi) is 6.08. The summed E-state index contributed by atoms with van der Waals surface area (Å²) in [4.78, 5) is 0. The molecule has 0 saturated heterocycles. The maximum Gasteiger partial charge on any atom is 0.609 e. The fourth-order valence-electron chi connectivity index (χ4n) is 2.78. The van der Waals surface area contributed by atoms with Gasteiger partial charge in [-0.2, -0.15) is 0 Å². The molecule has 0 radical (unpaired) electrons. The molecule has 1 N–H and O–H groups in total. The van der Waals surface area contributed by atoms with Gasteiger partial charge >= 0.3 is 7.82 Å². The largest absolute Gasteiger partial charge is 0.609 e. The Morgan fingerprint density at radius 2 is 1.07 bits per heavy atom. The van der Waals surface area contributed by atoms with Gasteiger partial charge in [0.05, 0.1) is 5.69 Å². The summed E-state index contributed by atoms with van der Waals surface area (Å²) in [5.74, 6) is 0.957. The maximum atomic E-state index is 13.6. The predicted molar refractivity (Wildman–Crippen MR) is 112 cm³/mol. The molecular weight excluding hydrogens is 373 g/mol. The van der Waals surface area contributed by atoms with Crippen LogP contribution in [0.3, 0.4) is 0 Å². The fraction of sp³-hybridized carbons (Fsp3) is 0.182. The van der Waals surface area contributed by atoms with E-state index in [4.69, 9.17) is 13.7 Å². The number of rotatable bonds is 7. The second-order valence-corrected chi connectivity index (χ2v) is 8.07. The van der Waals surface area contributed by atoms with E-state index in [1.54, 1.807) is 12.1 Å². The minimum atomic E-state index is -4.05. The van der Waals surface area contributed by atoms with Crippen LogP contribution in [0.5, 0.6) is 11.5 Å². The van der Waals surface area contributed by atoms with Crippen LogP contribution in [0.1, 0.15) is 22.3 Å². The molecule has 28 heavy (non-hydrogen) atoms. The van der Waals surface area contributed by atoms with Gasteiger partial charge in [0.15, 0.2) is 0 Å². The first-order valence-corrected chi connectivity index (χ1v) is 10.5. The molecule has 0 aliphatic heterocycles. The van der Waals surface area contributed by atoms with Crippen molar-refractivity contribution in [1.29, 1.82) is 0 Å². The maximum absolute atomic E-state index is 13.6. The Bertz CT molecular complexity index is 907. The van der Waals surface area contributed by atoms with Gasteiger partial charge in [-0.1, -0.05) is 54.6 Å². The molecule has 0 aromatic heterocycles. The van der Waals surface area contributed by atoms with Crippen LogP contribution < -0.4 is 14.5 Å². The van der Waals surface area contributed by atoms with Gasteiger partial charge in [-0.25, -0.2) is 4.57 Å². The summed E-state index contributed by atoms with van der Waals surface area (Å²) in [5.41, 5.74) is 6.69. The van der Waals surface area contributed by atoms with E-state index in [1.807, 2.05) is 82.3 Å². The third-order valence-corrected chi connectivity index (χ3v) is 5.40. The van der Waals surface area contributed by atoms with Crippen molar-refractivity contribution in [1.82, 2.24) is 0 Å². The van der Waals surface area contributed by atoms with Crippen molar-refractivity contribution in [3.05, 3.63) is 89.0 Å². The Morgan fingerprint density at radius 1 is 0.643 bits per heavy atom. The highest BCUT2D eigenvalue weighted by molar-refractivity contribution is 7.49. The zero-order chi connectivity index (χ0) is 20.1. The number of benzene rings is 3. The molecule has 6 heteroatoms. The van der Waals surface area contributed by atoms with Crippen LogP contribution in [0.4, 0.5) is 5.69 Å². The number of hydrogen-bond acceptors (Lipinski definition) is 5. The number of para-hydroxylation sites is 3. The van der Waals surface area contributed by atoms with Crippen molar-refractivity contribution < 1.29 is 18.2 Å². The van der Waals surface area contributed by atoms with Crippen LogP contribution >= 0.6 is 7.82 Å². The minimum absolute atomic E-state index is 0.479. The highest BCUT2D eigenvalue weighted by Gasteiger charge is 2.34. The van der Waals surface area contributed by atoms with Gasteiger partial charge in [0, 0.05) is 0 Å². The van der Waals surface area contributed by atoms with Crippen LogP contribution in [-0.2, 0) is 9.19 Å². The molecule has 0 heterocycles. The second-order valence-electron chi connectivity index (χ2n) is 6.63. The lowest BCUT2D eigenvalue weighted by Crippen LogP contribution is -2.11. The average molecular weight is 397 g/mol. The molecule has 3 rings (SSSR count). The molecule has 0 atom stereocenters. The molecule has 146 valence electrons. The zero-order valence-electron chi connectivity index (χ0n) is 16.4. The number of aryl methyl sites for hydroxylation is 4. The van der Waals surface area contributed by atoms with E-state index in [1.165, 1.54) is 0 Å². The van der Waals surface area contributed by atoms with Crippen LogP contribution in [0.25, 0.3) is 0 Å². The fourth-order valence-corrected chi connectivity index (χ4v) is 4.13. The topological polar surface area (TPSA) is 56.8 Å². The molecule has 0 spiro atoms. The van der Waals surface area contributed by atoms with Crippen molar-refractivity contribution >= 4 is 13.5 Å². The van der Waals surface area contributed by atoms with Gasteiger partial charge in [0.2, 0.25) is 0 Å². The van der Waals surface area contributed by atoms with Gasteiger partial charge in [0.25, 0.3) is 0 Å². The Morgan fingerprint density at radius 3 is 1.50 bits per heavy atom. The van der Waals surface area contributed by atoms with E-state index in [9.17, 15) is 4.57 Å². The molecule has 0 saturated carbocycles. The van der Waals surface area contributed by atoms with Crippen molar-refractivity contribution in [3.8, 4) is 11.5 Å². The molecule has 0 unspecified atom stereocenters. The first-order valence-electron chi connectivity index (χ1n) is 8.99. The predicted octanol–water partition coefficient (Wildman–Crippen LogP) is 6.53. The number of nitrogens with one attached hydrogen (secondary N) is 1. The van der Waals surface area contributed by atoms with Crippen molar-refractivity contribution in [2.45, 2.75) is 27.7 Å². The lowest BCUT2D eigenvalue weighted by Gasteiger charge is -2.22. The number of hydrogen-bond donors (Lipinski definition) is 1. The van der Waals surface area contributed by atoms with Crippen LogP contribution in [0, 0.1) is 27.7 Å². The zero-order valence-corrected chi connectivity index (χ0v) is 17.3. The summed E-state index contributed by atoms with van der Waals surface area (Å²) in [7, 11) is -4.05. The van der Waals surface area contributed by atoms with Crippen molar-refractivity contribution in [2.75, 3.05) is 5.48 Å². The summed E-state index contributed by atoms with van der Waals surface area (Å²) < 4.78 is 30.8. The summed E-state index contributed by atoms with van der Waals surface area (Å²) in [5, 5.41) is 0. The smallest absolute Gasteiger partial charge is 0.393 e. The third kappa shape index (κ3) is 4.75. The minimum Gasteiger partial charge on any atom is -0.393 e. The van der Waals surface area contributed by atoms with Crippen LogP contribution in [0.15, 0.2) is 66.7 Å². The van der Waals surface area contributed by atoms with Crippen molar-refractivity contribution in [3.63, 3.8) is 0 Å². The Balaban J connectivity index is 1.94. The molecule has 3 aromatic rings. The standard InChI is InChI=1S/C22H24NO4P/c1-16-10-8-11-17(2)21(16)25-28(24,27-23-20-14-6-5-7-15-20)26-22-18(3)12-9-13-19(22)4/h5-15,23H,1-4H3. The second kappa shape index (κ2) is 8.51. The average Bonchev–Trinajstić information content (AvgIpc) is 2.68. The molecule has 3 aromatic carbocycles. The SMILES string of the molecule is Cc1cccc(C)c1OP(=O)(ONc1ccccc1)Oc1c(C)cccc1C. The molecule has 0 fully saturated rings. The first-order chi connectivity index (χ1) is 13.4. The summed E-state index contributed by atoms with van der Waals surface area (Å²) in [6.07, 6.45) is 0. The van der Waals surface area contributed by atoms with Gasteiger partial charge in [-0.3, -0.25) is 5.48 Å². The van der Waals surface area contributed by atoms with Gasteiger partial charge in [-0.15, -0.1) is 4.62 Å². The van der Waals surface area contributed by atoms with E-state index in [0.717, 1.165) is 22.3 Å². The summed E-state index contributed by atoms with van der Waals surface area (Å²) >= 11 is 0. The van der Waals surface area contributed by atoms with Gasteiger partial charge in [0.1, 0.15) is 11.5 Å². The molecule has 0 bridgehead atoms. The van der Waals surface area contributed by atoms with E-state index >= 15 is 0 Å². The van der Waals surface area contributed by atoms with E-state index in [-0.39, 0.29) is 0 Å². The molecule has 0 aliphatic rings. The lowest BCUT2D eigenvalue weighted by molar-refractivity contribution is 0.245. The molecular formula is C22H24NO4P. The third-order valence-electron chi connectivity index (χ3n) is 4.27. The monoisotopic (exact) mass is 397 g/mol. The first kappa shape index (κ1) is 20.0. The van der Waals surface area contributed by atoms with Gasteiger partial charge in [-0.05, 0) is 62.1 Å². The Hall–Kier alpha value is -2.75. The normalized spacial score (nSPS) is 11.1. The van der Waals surface area contributed by atoms with Crippen LogP contribution in [0.2, 0.25) is 0 Å². The van der Waals surface area contributed by atoms with Crippen LogP contribution in [-0.4, -0.2) is 0 Å². The number of phosphoric ester groups is 1. The van der Waals surface area contributed by atoms with Gasteiger partial charge < -0.3 is 9.05 Å². The number of phosphoric acid groups is 1. The quantitative estimate of drug-likeness (QED) is 0.363. The van der Waals surface area contributed by atoms with E-state index < -0.39 is 7.82 Å². The Labute approximate surface area is 165 Å². The van der Waals surface area contributed by atoms with E-state index in [2.05, 4.69) is 5.48 Å².